The van der Waals surface area contributed by atoms with Crippen molar-refractivity contribution in [3.63, 3.8) is 0 Å². The van der Waals surface area contributed by atoms with Crippen LogP contribution in [-0.2, 0) is 6.42 Å². The highest BCUT2D eigenvalue weighted by Gasteiger charge is 2.07. The summed E-state index contributed by atoms with van der Waals surface area (Å²) in [6.07, 6.45) is 2.81. The predicted molar refractivity (Wildman–Crippen MR) is 62.6 cm³/mol. The van der Waals surface area contributed by atoms with Crippen LogP contribution in [0, 0.1) is 6.92 Å². The van der Waals surface area contributed by atoms with Gasteiger partial charge in [0.05, 0.1) is 6.20 Å². The number of nitrogens with two attached hydrogens (primary N) is 1. The minimum absolute atomic E-state index is 0.631. The lowest BCUT2D eigenvalue weighted by Gasteiger charge is -2.06. The quantitative estimate of drug-likeness (QED) is 0.784. The molecule has 0 bridgehead atoms. The van der Waals surface area contributed by atoms with Crippen molar-refractivity contribution in [3.8, 4) is 11.1 Å². The van der Waals surface area contributed by atoms with E-state index in [1.165, 1.54) is 16.7 Å². The van der Waals surface area contributed by atoms with Crippen LogP contribution in [0.1, 0.15) is 18.1 Å². The van der Waals surface area contributed by atoms with Crippen molar-refractivity contribution < 1.29 is 0 Å². The molecule has 0 aliphatic carbocycles. The van der Waals surface area contributed by atoms with Crippen molar-refractivity contribution in [2.45, 2.75) is 20.3 Å². The van der Waals surface area contributed by atoms with E-state index in [1.807, 2.05) is 0 Å². The van der Waals surface area contributed by atoms with Gasteiger partial charge in [-0.2, -0.15) is 5.10 Å². The first-order valence-electron chi connectivity index (χ1n) is 5.11. The van der Waals surface area contributed by atoms with Crippen molar-refractivity contribution in [2.24, 2.45) is 0 Å². The number of nitrogens with zero attached hydrogens (tertiary/aromatic N) is 1. The van der Waals surface area contributed by atoms with Gasteiger partial charge in [0, 0.05) is 5.56 Å². The number of benzene rings is 1. The monoisotopic (exact) mass is 201 g/mol. The van der Waals surface area contributed by atoms with Gasteiger partial charge < -0.3 is 5.73 Å². The molecule has 1 heterocycles. The molecule has 0 atom stereocenters. The number of rotatable bonds is 2. The van der Waals surface area contributed by atoms with E-state index in [2.05, 4.69) is 42.2 Å². The van der Waals surface area contributed by atoms with Crippen LogP contribution in [0.5, 0.6) is 0 Å². The number of nitrogen functional groups attached to an aromatic ring is 1. The Morgan fingerprint density at radius 2 is 2.13 bits per heavy atom. The van der Waals surface area contributed by atoms with Gasteiger partial charge in [-0.15, -0.1) is 0 Å². The highest BCUT2D eigenvalue weighted by molar-refractivity contribution is 5.75. The summed E-state index contributed by atoms with van der Waals surface area (Å²) < 4.78 is 0. The zero-order valence-electron chi connectivity index (χ0n) is 9.04. The summed E-state index contributed by atoms with van der Waals surface area (Å²) in [6, 6.07) is 6.45. The van der Waals surface area contributed by atoms with E-state index in [0.717, 1.165) is 12.0 Å². The third kappa shape index (κ3) is 1.73. The largest absolute Gasteiger partial charge is 0.384 e. The van der Waals surface area contributed by atoms with E-state index < -0.39 is 0 Å². The van der Waals surface area contributed by atoms with E-state index in [1.54, 1.807) is 6.20 Å². The Morgan fingerprint density at radius 1 is 1.33 bits per heavy atom. The molecule has 2 rings (SSSR count). The molecule has 3 nitrogen and oxygen atoms in total. The summed E-state index contributed by atoms with van der Waals surface area (Å²) in [4.78, 5) is 0. The van der Waals surface area contributed by atoms with Crippen molar-refractivity contribution in [1.82, 2.24) is 10.2 Å². The van der Waals surface area contributed by atoms with Gasteiger partial charge in [-0.25, -0.2) is 0 Å². The minimum Gasteiger partial charge on any atom is -0.384 e. The molecule has 0 aliphatic rings. The molecule has 0 radical (unpaired) electrons. The molecule has 2 aromatic rings. The van der Waals surface area contributed by atoms with Crippen LogP contribution < -0.4 is 5.73 Å². The molecule has 1 aromatic carbocycles. The summed E-state index contributed by atoms with van der Waals surface area (Å²) in [5.41, 5.74) is 10.5. The second kappa shape index (κ2) is 3.77. The predicted octanol–water partition coefficient (Wildman–Crippen LogP) is 2.53. The number of hydrogen-bond donors (Lipinski definition) is 2. The van der Waals surface area contributed by atoms with E-state index >= 15 is 0 Å². The van der Waals surface area contributed by atoms with Crippen molar-refractivity contribution in [3.05, 3.63) is 35.5 Å². The molecule has 15 heavy (non-hydrogen) atoms. The Kier molecular flexibility index (Phi) is 2.46. The average molecular weight is 201 g/mol. The maximum absolute atomic E-state index is 5.81. The summed E-state index contributed by atoms with van der Waals surface area (Å²) in [7, 11) is 0. The number of aromatic nitrogens is 2. The number of anilines is 1. The molecule has 0 spiro atoms. The lowest BCUT2D eigenvalue weighted by atomic mass is 9.99. The maximum Gasteiger partial charge on any atom is 0.126 e. The Labute approximate surface area is 89.3 Å². The highest BCUT2D eigenvalue weighted by Crippen LogP contribution is 2.27. The Hall–Kier alpha value is -1.77. The van der Waals surface area contributed by atoms with Crippen LogP contribution in [0.15, 0.2) is 24.4 Å². The Bertz CT molecular complexity index is 471. The van der Waals surface area contributed by atoms with Gasteiger partial charge in [-0.05, 0) is 30.0 Å². The van der Waals surface area contributed by atoms with Gasteiger partial charge in [0.1, 0.15) is 5.82 Å². The molecular formula is C12H15N3. The standard InChI is InChI=1S/C12H15N3/c1-3-9-5-4-8(2)10(6-9)11-7-14-15-12(11)13/h4-7H,3H2,1-2H3,(H3,13,14,15). The van der Waals surface area contributed by atoms with Crippen LogP contribution in [0.2, 0.25) is 0 Å². The van der Waals surface area contributed by atoms with Crippen LogP contribution >= 0.6 is 0 Å². The second-order valence-corrected chi connectivity index (χ2v) is 3.70. The molecule has 0 saturated heterocycles. The smallest absolute Gasteiger partial charge is 0.126 e. The van der Waals surface area contributed by atoms with Crippen molar-refractivity contribution in [1.29, 1.82) is 0 Å². The fourth-order valence-electron chi connectivity index (χ4n) is 1.69. The van der Waals surface area contributed by atoms with E-state index in [4.69, 9.17) is 5.73 Å². The molecule has 3 N–H and O–H groups in total. The number of aromatic amines is 1. The average Bonchev–Trinajstić information content (AvgIpc) is 2.65. The minimum atomic E-state index is 0.631. The summed E-state index contributed by atoms with van der Waals surface area (Å²) in [5.74, 6) is 0.631. The van der Waals surface area contributed by atoms with Gasteiger partial charge in [0.15, 0.2) is 0 Å². The summed E-state index contributed by atoms with van der Waals surface area (Å²) >= 11 is 0. The van der Waals surface area contributed by atoms with Crippen molar-refractivity contribution in [2.75, 3.05) is 5.73 Å². The first-order chi connectivity index (χ1) is 7.22. The van der Waals surface area contributed by atoms with E-state index in [-0.39, 0.29) is 0 Å². The number of aryl methyl sites for hydroxylation is 2. The van der Waals surface area contributed by atoms with Crippen LogP contribution in [0.3, 0.4) is 0 Å². The first kappa shape index (κ1) is 9.77. The maximum atomic E-state index is 5.81. The van der Waals surface area contributed by atoms with Crippen LogP contribution in [-0.4, -0.2) is 10.2 Å². The third-order valence-corrected chi connectivity index (χ3v) is 2.67. The fraction of sp³-hybridized carbons (Fsp3) is 0.250. The summed E-state index contributed by atoms with van der Waals surface area (Å²) in [5, 5.41) is 6.70. The highest BCUT2D eigenvalue weighted by atomic mass is 15.1. The molecular weight excluding hydrogens is 186 g/mol. The second-order valence-electron chi connectivity index (χ2n) is 3.70. The van der Waals surface area contributed by atoms with Gasteiger partial charge >= 0.3 is 0 Å². The fourth-order valence-corrected chi connectivity index (χ4v) is 1.69. The summed E-state index contributed by atoms with van der Waals surface area (Å²) in [6.45, 7) is 4.23. The molecule has 3 heteroatoms. The lowest BCUT2D eigenvalue weighted by Crippen LogP contribution is -1.91. The zero-order chi connectivity index (χ0) is 10.8. The van der Waals surface area contributed by atoms with Crippen molar-refractivity contribution >= 4 is 5.82 Å². The molecule has 0 fully saturated rings. The van der Waals surface area contributed by atoms with E-state index in [9.17, 15) is 0 Å². The molecule has 0 unspecified atom stereocenters. The first-order valence-corrected chi connectivity index (χ1v) is 5.11. The van der Waals surface area contributed by atoms with Gasteiger partial charge in [0.25, 0.3) is 0 Å². The molecule has 0 amide bonds. The third-order valence-electron chi connectivity index (χ3n) is 2.67. The van der Waals surface area contributed by atoms with Gasteiger partial charge in [-0.3, -0.25) is 5.10 Å². The van der Waals surface area contributed by atoms with Gasteiger partial charge in [0.2, 0.25) is 0 Å². The lowest BCUT2D eigenvalue weighted by molar-refractivity contribution is 1.10. The Morgan fingerprint density at radius 3 is 2.73 bits per heavy atom. The normalized spacial score (nSPS) is 10.5. The van der Waals surface area contributed by atoms with Gasteiger partial charge in [-0.1, -0.05) is 25.1 Å². The molecule has 78 valence electrons. The topological polar surface area (TPSA) is 54.7 Å². The number of H-pyrrole nitrogens is 1. The van der Waals surface area contributed by atoms with E-state index in [0.29, 0.717) is 5.82 Å². The SMILES string of the molecule is CCc1ccc(C)c(-c2cn[nH]c2N)c1. The molecule has 1 aromatic heterocycles. The van der Waals surface area contributed by atoms with Crippen LogP contribution in [0.25, 0.3) is 11.1 Å². The van der Waals surface area contributed by atoms with Crippen LogP contribution in [0.4, 0.5) is 5.82 Å². The molecule has 0 aliphatic heterocycles. The zero-order valence-corrected chi connectivity index (χ0v) is 9.04. The molecule has 0 saturated carbocycles. The number of hydrogen-bond acceptors (Lipinski definition) is 2. The Balaban J connectivity index is 2.56. The number of nitrogens with one attached hydrogen (secondary N) is 1.